The average Bonchev–Trinajstić information content (AvgIpc) is 2.91. The summed E-state index contributed by atoms with van der Waals surface area (Å²) in [6.45, 7) is 1.67. The zero-order valence-electron chi connectivity index (χ0n) is 22.6. The van der Waals surface area contributed by atoms with Gasteiger partial charge in [-0.3, -0.25) is 0 Å². The van der Waals surface area contributed by atoms with Crippen molar-refractivity contribution >= 4 is 50.3 Å². The molecule has 1 saturated heterocycles. The number of ether oxygens (including phenoxy) is 1. The Morgan fingerprint density at radius 2 is 1.82 bits per heavy atom. The van der Waals surface area contributed by atoms with E-state index in [9.17, 15) is 17.2 Å². The monoisotopic (exact) mass is 595 g/mol. The standard InChI is InChI=1S/C26H32ClF2N7O3S/c1-16(2)40(37,38)24-21(6-5-11-30-24)32-23-19(27)15-31-26(34-23)33-20-8-7-18(14-22(20)39-25(28)29)36-12-9-17(10-13-36)35(3)4/h5-8,11,14-17,25H,9-10,12-13H2,1-4H3,(H2,31,32,33,34). The quantitative estimate of drug-likeness (QED) is 0.319. The first-order valence-electron chi connectivity index (χ1n) is 12.7. The average molecular weight is 596 g/mol. The number of aromatic nitrogens is 3. The molecule has 0 aliphatic carbocycles. The molecule has 0 atom stereocenters. The molecule has 1 aliphatic heterocycles. The van der Waals surface area contributed by atoms with Crippen LogP contribution in [-0.2, 0) is 9.84 Å². The third kappa shape index (κ3) is 6.88. The lowest BCUT2D eigenvalue weighted by atomic mass is 10.0. The van der Waals surface area contributed by atoms with Crippen LogP contribution in [0.1, 0.15) is 26.7 Å². The topological polar surface area (TPSA) is 113 Å². The number of rotatable bonds is 10. The maximum absolute atomic E-state index is 13.3. The molecule has 3 heterocycles. The van der Waals surface area contributed by atoms with Crippen molar-refractivity contribution in [3.8, 4) is 5.75 Å². The summed E-state index contributed by atoms with van der Waals surface area (Å²) in [6.07, 6.45) is 4.61. The van der Waals surface area contributed by atoms with E-state index in [4.69, 9.17) is 16.3 Å². The molecule has 1 fully saturated rings. The summed E-state index contributed by atoms with van der Waals surface area (Å²) in [4.78, 5) is 16.9. The maximum Gasteiger partial charge on any atom is 0.387 e. The van der Waals surface area contributed by atoms with Gasteiger partial charge in [-0.1, -0.05) is 11.6 Å². The Bertz CT molecular complexity index is 1440. The number of pyridine rings is 1. The first-order chi connectivity index (χ1) is 19.0. The van der Waals surface area contributed by atoms with Crippen LogP contribution >= 0.6 is 11.6 Å². The third-order valence-electron chi connectivity index (χ3n) is 6.65. The van der Waals surface area contributed by atoms with Gasteiger partial charge in [0, 0.05) is 37.1 Å². The van der Waals surface area contributed by atoms with Crippen LogP contribution in [0.2, 0.25) is 5.02 Å². The van der Waals surface area contributed by atoms with Gasteiger partial charge in [-0.15, -0.1) is 0 Å². The first kappa shape index (κ1) is 29.7. The van der Waals surface area contributed by atoms with E-state index in [1.54, 1.807) is 38.1 Å². The van der Waals surface area contributed by atoms with Crippen molar-refractivity contribution < 1.29 is 21.9 Å². The number of alkyl halides is 2. The Hall–Kier alpha value is -3.29. The van der Waals surface area contributed by atoms with Gasteiger partial charge in [0.25, 0.3) is 0 Å². The molecule has 2 aromatic heterocycles. The van der Waals surface area contributed by atoms with Crippen molar-refractivity contribution in [1.82, 2.24) is 19.9 Å². The van der Waals surface area contributed by atoms with Crippen molar-refractivity contribution in [3.63, 3.8) is 0 Å². The van der Waals surface area contributed by atoms with Gasteiger partial charge >= 0.3 is 6.61 Å². The van der Waals surface area contributed by atoms with E-state index in [1.807, 2.05) is 6.07 Å². The fourth-order valence-electron chi connectivity index (χ4n) is 4.34. The first-order valence-corrected chi connectivity index (χ1v) is 14.6. The summed E-state index contributed by atoms with van der Waals surface area (Å²) in [5.74, 6) is 0.0691. The van der Waals surface area contributed by atoms with E-state index >= 15 is 0 Å². The van der Waals surface area contributed by atoms with E-state index in [0.717, 1.165) is 31.6 Å². The molecular weight excluding hydrogens is 564 g/mol. The smallest absolute Gasteiger partial charge is 0.387 e. The summed E-state index contributed by atoms with van der Waals surface area (Å²) in [6, 6.07) is 8.62. The molecule has 1 aliphatic rings. The Kier molecular flexibility index (Phi) is 9.26. The summed E-state index contributed by atoms with van der Waals surface area (Å²) in [5.41, 5.74) is 1.19. The number of nitrogens with one attached hydrogen (secondary N) is 2. The number of piperidine rings is 1. The van der Waals surface area contributed by atoms with Crippen LogP contribution in [0.3, 0.4) is 0 Å². The van der Waals surface area contributed by atoms with Crippen molar-refractivity contribution in [1.29, 1.82) is 0 Å². The second kappa shape index (κ2) is 12.5. The number of hydrogen-bond donors (Lipinski definition) is 2. The van der Waals surface area contributed by atoms with Gasteiger partial charge in [0.1, 0.15) is 5.02 Å². The normalized spacial score (nSPS) is 14.7. The summed E-state index contributed by atoms with van der Waals surface area (Å²) < 4.78 is 57.0. The fourth-order valence-corrected chi connectivity index (χ4v) is 5.56. The minimum atomic E-state index is -3.71. The largest absolute Gasteiger partial charge is 0.433 e. The lowest BCUT2D eigenvalue weighted by Crippen LogP contribution is -2.41. The minimum absolute atomic E-state index is 0.0303. The molecule has 4 rings (SSSR count). The number of halogens is 3. The minimum Gasteiger partial charge on any atom is -0.433 e. The van der Waals surface area contributed by atoms with Crippen molar-refractivity contribution in [3.05, 3.63) is 47.7 Å². The molecule has 14 heteroatoms. The molecule has 2 N–H and O–H groups in total. The second-order valence-electron chi connectivity index (χ2n) is 9.83. The molecule has 0 bridgehead atoms. The Balaban J connectivity index is 1.59. The van der Waals surface area contributed by atoms with Crippen LogP contribution in [0.15, 0.2) is 47.8 Å². The Morgan fingerprint density at radius 3 is 2.48 bits per heavy atom. The van der Waals surface area contributed by atoms with E-state index < -0.39 is 21.7 Å². The maximum atomic E-state index is 13.3. The van der Waals surface area contributed by atoms with Crippen LogP contribution in [0.4, 0.5) is 37.6 Å². The molecule has 1 aromatic carbocycles. The highest BCUT2D eigenvalue weighted by atomic mass is 35.5. The lowest BCUT2D eigenvalue weighted by Gasteiger charge is -2.36. The number of sulfone groups is 1. The summed E-state index contributed by atoms with van der Waals surface area (Å²) >= 11 is 6.30. The van der Waals surface area contributed by atoms with E-state index in [2.05, 4.69) is 49.5 Å². The highest BCUT2D eigenvalue weighted by Crippen LogP contribution is 2.35. The summed E-state index contributed by atoms with van der Waals surface area (Å²) in [7, 11) is 0.401. The zero-order valence-corrected chi connectivity index (χ0v) is 24.2. The summed E-state index contributed by atoms with van der Waals surface area (Å²) in [5, 5.41) is 5.09. The van der Waals surface area contributed by atoms with Gasteiger partial charge in [0.05, 0.1) is 22.8 Å². The number of nitrogens with zero attached hydrogens (tertiary/aromatic N) is 5. The van der Waals surface area contributed by atoms with Gasteiger partial charge in [-0.2, -0.15) is 13.8 Å². The van der Waals surface area contributed by atoms with Crippen molar-refractivity contribution in [2.45, 2.75) is 49.6 Å². The van der Waals surface area contributed by atoms with E-state index in [0.29, 0.717) is 6.04 Å². The highest BCUT2D eigenvalue weighted by molar-refractivity contribution is 7.92. The predicted octanol–water partition coefficient (Wildman–Crippen LogP) is 5.33. The van der Waals surface area contributed by atoms with Gasteiger partial charge in [0.2, 0.25) is 5.95 Å². The van der Waals surface area contributed by atoms with Crippen LogP contribution in [0.5, 0.6) is 5.75 Å². The number of hydrogen-bond acceptors (Lipinski definition) is 10. The van der Waals surface area contributed by atoms with Gasteiger partial charge in [-0.25, -0.2) is 18.4 Å². The molecule has 0 spiro atoms. The SMILES string of the molecule is CC(C)S(=O)(=O)c1ncccc1Nc1nc(Nc2ccc(N3CCC(N(C)C)CC3)cc2OC(F)F)ncc1Cl. The highest BCUT2D eigenvalue weighted by Gasteiger charge is 2.25. The van der Waals surface area contributed by atoms with E-state index in [1.165, 1.54) is 12.4 Å². The second-order valence-corrected chi connectivity index (χ2v) is 12.7. The molecule has 0 radical (unpaired) electrons. The molecule has 40 heavy (non-hydrogen) atoms. The van der Waals surface area contributed by atoms with Crippen LogP contribution in [-0.4, -0.2) is 73.4 Å². The third-order valence-corrected chi connectivity index (χ3v) is 9.03. The number of anilines is 5. The van der Waals surface area contributed by atoms with E-state index in [-0.39, 0.29) is 38.9 Å². The molecule has 0 unspecified atom stereocenters. The van der Waals surface area contributed by atoms with Gasteiger partial charge in [-0.05, 0) is 65.0 Å². The van der Waals surface area contributed by atoms with Crippen molar-refractivity contribution in [2.24, 2.45) is 0 Å². The van der Waals surface area contributed by atoms with Gasteiger partial charge in [0.15, 0.2) is 26.4 Å². The van der Waals surface area contributed by atoms with Gasteiger partial charge < -0.3 is 25.2 Å². The molecule has 10 nitrogen and oxygen atoms in total. The number of benzene rings is 1. The Morgan fingerprint density at radius 1 is 1.10 bits per heavy atom. The Labute approximate surface area is 237 Å². The molecule has 216 valence electrons. The molecule has 0 saturated carbocycles. The van der Waals surface area contributed by atoms with Crippen LogP contribution in [0.25, 0.3) is 0 Å². The molecule has 0 amide bonds. The van der Waals surface area contributed by atoms with Crippen LogP contribution in [0, 0.1) is 0 Å². The molecule has 3 aromatic rings. The molecular formula is C26H32ClF2N7O3S. The zero-order chi connectivity index (χ0) is 29.0. The predicted molar refractivity (Wildman–Crippen MR) is 152 cm³/mol. The fraction of sp³-hybridized carbons (Fsp3) is 0.423. The van der Waals surface area contributed by atoms with Crippen molar-refractivity contribution in [2.75, 3.05) is 42.7 Å². The van der Waals surface area contributed by atoms with Crippen LogP contribution < -0.4 is 20.3 Å². The lowest BCUT2D eigenvalue weighted by molar-refractivity contribution is -0.0493.